The summed E-state index contributed by atoms with van der Waals surface area (Å²) in [6.07, 6.45) is 18.3. The highest BCUT2D eigenvalue weighted by atomic mass is 16.4. The van der Waals surface area contributed by atoms with E-state index in [4.69, 9.17) is 5.11 Å². The van der Waals surface area contributed by atoms with E-state index in [-0.39, 0.29) is 12.2 Å². The van der Waals surface area contributed by atoms with Crippen molar-refractivity contribution in [1.29, 1.82) is 0 Å². The standard InChI is InChI=1S/C18H30O3/c1-2-3-4-5-6-7-8-9-10-11-12-14-17(19)15-13-16-18(20)21/h10-12,14H,2-9,13,15-16H2,1H3,(H,20,21). The number of carboxylic acids is 1. The highest BCUT2D eigenvalue weighted by Gasteiger charge is 1.99. The molecule has 0 saturated carbocycles. The molecule has 3 heteroatoms. The summed E-state index contributed by atoms with van der Waals surface area (Å²) < 4.78 is 0. The van der Waals surface area contributed by atoms with E-state index in [9.17, 15) is 9.59 Å². The molecule has 0 heterocycles. The fourth-order valence-corrected chi connectivity index (χ4v) is 2.05. The monoisotopic (exact) mass is 294 g/mol. The lowest BCUT2D eigenvalue weighted by Gasteiger charge is -1.98. The van der Waals surface area contributed by atoms with Crippen LogP contribution in [0.15, 0.2) is 24.3 Å². The summed E-state index contributed by atoms with van der Waals surface area (Å²) in [7, 11) is 0. The van der Waals surface area contributed by atoms with E-state index in [1.165, 1.54) is 51.0 Å². The molecule has 0 atom stereocenters. The third-order valence-corrected chi connectivity index (χ3v) is 3.32. The van der Waals surface area contributed by atoms with Crippen molar-refractivity contribution in [3.05, 3.63) is 24.3 Å². The maximum absolute atomic E-state index is 11.4. The van der Waals surface area contributed by atoms with Gasteiger partial charge in [-0.1, -0.05) is 63.7 Å². The molecule has 0 bridgehead atoms. The Bertz CT molecular complexity index is 329. The molecule has 0 aromatic rings. The van der Waals surface area contributed by atoms with Gasteiger partial charge in [-0.25, -0.2) is 0 Å². The number of hydrogen-bond acceptors (Lipinski definition) is 2. The summed E-state index contributed by atoms with van der Waals surface area (Å²) in [5.74, 6) is -0.849. The molecule has 0 aliphatic heterocycles. The van der Waals surface area contributed by atoms with Crippen LogP contribution in [0.25, 0.3) is 0 Å². The number of carbonyl (C=O) groups excluding carboxylic acids is 1. The van der Waals surface area contributed by atoms with E-state index >= 15 is 0 Å². The Morgan fingerprint density at radius 3 is 2.19 bits per heavy atom. The van der Waals surface area contributed by atoms with Crippen molar-refractivity contribution >= 4 is 11.8 Å². The number of rotatable bonds is 14. The quantitative estimate of drug-likeness (QED) is 0.277. The van der Waals surface area contributed by atoms with Crippen LogP contribution in [0.4, 0.5) is 0 Å². The number of hydrogen-bond donors (Lipinski definition) is 1. The number of allylic oxidation sites excluding steroid dienone is 4. The topological polar surface area (TPSA) is 54.4 Å². The summed E-state index contributed by atoms with van der Waals surface area (Å²) in [6, 6.07) is 0. The van der Waals surface area contributed by atoms with Gasteiger partial charge in [0.05, 0.1) is 0 Å². The molecule has 0 aromatic carbocycles. The predicted octanol–water partition coefficient (Wildman–Crippen LogP) is 5.06. The average Bonchev–Trinajstić information content (AvgIpc) is 2.44. The zero-order valence-electron chi connectivity index (χ0n) is 13.4. The minimum atomic E-state index is -0.846. The first-order valence-corrected chi connectivity index (χ1v) is 8.24. The lowest BCUT2D eigenvalue weighted by molar-refractivity contribution is -0.137. The average molecular weight is 294 g/mol. The predicted molar refractivity (Wildman–Crippen MR) is 87.4 cm³/mol. The van der Waals surface area contributed by atoms with Gasteiger partial charge in [0.1, 0.15) is 0 Å². The summed E-state index contributed by atoms with van der Waals surface area (Å²) in [5.41, 5.74) is 0. The molecule has 21 heavy (non-hydrogen) atoms. The van der Waals surface area contributed by atoms with E-state index in [0.29, 0.717) is 12.8 Å². The molecule has 0 unspecified atom stereocenters. The van der Waals surface area contributed by atoms with Crippen molar-refractivity contribution in [3.63, 3.8) is 0 Å². The first-order chi connectivity index (χ1) is 10.2. The molecule has 0 aliphatic carbocycles. The fraction of sp³-hybridized carbons (Fsp3) is 0.667. The van der Waals surface area contributed by atoms with Crippen molar-refractivity contribution in [2.24, 2.45) is 0 Å². The fourth-order valence-electron chi connectivity index (χ4n) is 2.05. The maximum Gasteiger partial charge on any atom is 0.303 e. The molecule has 0 aliphatic rings. The van der Waals surface area contributed by atoms with Gasteiger partial charge in [-0.15, -0.1) is 0 Å². The molecule has 0 spiro atoms. The Balaban J connectivity index is 3.43. The molecule has 0 radical (unpaired) electrons. The Kier molecular flexibility index (Phi) is 14.0. The van der Waals surface area contributed by atoms with Gasteiger partial charge in [-0.2, -0.15) is 0 Å². The summed E-state index contributed by atoms with van der Waals surface area (Å²) in [4.78, 5) is 21.7. The molecule has 0 rings (SSSR count). The van der Waals surface area contributed by atoms with Crippen LogP contribution in [0.1, 0.15) is 77.6 Å². The van der Waals surface area contributed by atoms with Gasteiger partial charge in [0.15, 0.2) is 5.78 Å². The van der Waals surface area contributed by atoms with Crippen molar-refractivity contribution in [2.45, 2.75) is 77.6 Å². The Morgan fingerprint density at radius 1 is 0.857 bits per heavy atom. The van der Waals surface area contributed by atoms with Crippen molar-refractivity contribution in [1.82, 2.24) is 0 Å². The van der Waals surface area contributed by atoms with Crippen LogP contribution < -0.4 is 0 Å². The number of aliphatic carboxylic acids is 1. The van der Waals surface area contributed by atoms with E-state index < -0.39 is 5.97 Å². The number of carboxylic acid groups (broad SMARTS) is 1. The largest absolute Gasteiger partial charge is 0.481 e. The second-order valence-electron chi connectivity index (χ2n) is 5.41. The normalized spacial score (nSPS) is 11.5. The van der Waals surface area contributed by atoms with Crippen LogP contribution in [-0.4, -0.2) is 16.9 Å². The van der Waals surface area contributed by atoms with Crippen LogP contribution in [-0.2, 0) is 9.59 Å². The first kappa shape index (κ1) is 19.6. The van der Waals surface area contributed by atoms with Crippen LogP contribution in [0, 0.1) is 0 Å². The van der Waals surface area contributed by atoms with Gasteiger partial charge < -0.3 is 5.11 Å². The Hall–Kier alpha value is -1.38. The van der Waals surface area contributed by atoms with Crippen LogP contribution in [0.2, 0.25) is 0 Å². The van der Waals surface area contributed by atoms with Gasteiger partial charge in [0.2, 0.25) is 0 Å². The lowest BCUT2D eigenvalue weighted by atomic mass is 10.1. The van der Waals surface area contributed by atoms with E-state index in [0.717, 1.165) is 6.42 Å². The van der Waals surface area contributed by atoms with Crippen LogP contribution >= 0.6 is 0 Å². The number of unbranched alkanes of at least 4 members (excludes halogenated alkanes) is 7. The number of ketones is 1. The smallest absolute Gasteiger partial charge is 0.303 e. The third-order valence-electron chi connectivity index (χ3n) is 3.32. The van der Waals surface area contributed by atoms with Crippen LogP contribution in [0.3, 0.4) is 0 Å². The van der Waals surface area contributed by atoms with Crippen LogP contribution in [0.5, 0.6) is 0 Å². The SMILES string of the molecule is CCCCCCCCCC=CC=CC(=O)CCCC(=O)O. The minimum Gasteiger partial charge on any atom is -0.481 e. The third kappa shape index (κ3) is 16.6. The Morgan fingerprint density at radius 2 is 1.52 bits per heavy atom. The Labute approximate surface area is 129 Å². The molecule has 3 nitrogen and oxygen atoms in total. The molecule has 1 N–H and O–H groups in total. The van der Waals surface area contributed by atoms with Gasteiger partial charge in [-0.05, 0) is 25.3 Å². The second kappa shape index (κ2) is 15.0. The zero-order valence-corrected chi connectivity index (χ0v) is 13.4. The molecule has 0 amide bonds. The molecular formula is C18H30O3. The highest BCUT2D eigenvalue weighted by molar-refractivity contribution is 5.90. The van der Waals surface area contributed by atoms with Gasteiger partial charge in [-0.3, -0.25) is 9.59 Å². The summed E-state index contributed by atoms with van der Waals surface area (Å²) >= 11 is 0. The zero-order chi connectivity index (χ0) is 15.8. The molecule has 0 fully saturated rings. The van der Waals surface area contributed by atoms with Gasteiger partial charge in [0.25, 0.3) is 0 Å². The van der Waals surface area contributed by atoms with Gasteiger partial charge >= 0.3 is 5.97 Å². The molecule has 120 valence electrons. The molecule has 0 saturated heterocycles. The van der Waals surface area contributed by atoms with E-state index in [1.54, 1.807) is 6.08 Å². The van der Waals surface area contributed by atoms with E-state index in [1.807, 2.05) is 6.08 Å². The molecular weight excluding hydrogens is 264 g/mol. The summed E-state index contributed by atoms with van der Waals surface area (Å²) in [6.45, 7) is 2.23. The lowest BCUT2D eigenvalue weighted by Crippen LogP contribution is -1.97. The van der Waals surface area contributed by atoms with Crippen molar-refractivity contribution < 1.29 is 14.7 Å². The maximum atomic E-state index is 11.4. The van der Waals surface area contributed by atoms with Gasteiger partial charge in [0, 0.05) is 12.8 Å². The highest BCUT2D eigenvalue weighted by Crippen LogP contribution is 2.08. The molecule has 0 aromatic heterocycles. The number of carbonyl (C=O) groups is 2. The van der Waals surface area contributed by atoms with Crippen molar-refractivity contribution in [3.8, 4) is 0 Å². The minimum absolute atomic E-state index is 0.00294. The first-order valence-electron chi connectivity index (χ1n) is 8.24. The van der Waals surface area contributed by atoms with Crippen molar-refractivity contribution in [2.75, 3.05) is 0 Å². The second-order valence-corrected chi connectivity index (χ2v) is 5.41. The summed E-state index contributed by atoms with van der Waals surface area (Å²) in [5, 5.41) is 8.46. The van der Waals surface area contributed by atoms with E-state index in [2.05, 4.69) is 13.0 Å².